The Morgan fingerprint density at radius 2 is 1.79 bits per heavy atom. The summed E-state index contributed by atoms with van der Waals surface area (Å²) in [6, 6.07) is 7.93. The van der Waals surface area contributed by atoms with E-state index in [-0.39, 0.29) is 30.3 Å². The van der Waals surface area contributed by atoms with Crippen molar-refractivity contribution in [3.8, 4) is 0 Å². The molecule has 5 aromatic rings. The standard InChI is InChI=1S/C10H12N4O5.C6H5NO2.C5H4N4.H2S/c15-1-4-6(16)7(17)10(19-4)14-3-13-5-8(14)11-2-12-9(5)18;8-7(9)6-4-2-1-3-5-6;1-4-5(8-2-6-1)9-3-7-4;/h2-4,6-7,10,15-17H,1H2,(H,11,12,18);1-5H;1-3H,(H,6,7,8,9);1H2/t4-,6-,7-,10-;;;/m1.../s1. The minimum absolute atomic E-state index is 0. The van der Waals surface area contributed by atoms with Crippen molar-refractivity contribution in [3.05, 3.63) is 82.3 Å². The fraction of sp³-hybridized carbons (Fsp3) is 0.238. The molecule has 1 aliphatic rings. The van der Waals surface area contributed by atoms with Crippen LogP contribution in [0.1, 0.15) is 6.23 Å². The van der Waals surface area contributed by atoms with Crippen LogP contribution in [-0.4, -0.2) is 84.6 Å². The summed E-state index contributed by atoms with van der Waals surface area (Å²) in [6.07, 6.45) is 2.98. The van der Waals surface area contributed by atoms with Crippen LogP contribution in [0.25, 0.3) is 22.3 Å². The molecule has 1 aliphatic heterocycles. The van der Waals surface area contributed by atoms with Crippen molar-refractivity contribution in [1.29, 1.82) is 0 Å². The van der Waals surface area contributed by atoms with Gasteiger partial charge in [0.15, 0.2) is 23.0 Å². The van der Waals surface area contributed by atoms with Crippen LogP contribution >= 0.6 is 13.5 Å². The molecular weight excluding hydrogens is 522 g/mol. The molecule has 200 valence electrons. The molecule has 4 aromatic heterocycles. The lowest BCUT2D eigenvalue weighted by Crippen LogP contribution is -2.33. The number of ether oxygens (including phenoxy) is 1. The number of imidazole rings is 2. The van der Waals surface area contributed by atoms with Gasteiger partial charge in [0.2, 0.25) is 0 Å². The summed E-state index contributed by atoms with van der Waals surface area (Å²) in [5, 5.41) is 38.6. The lowest BCUT2D eigenvalue weighted by molar-refractivity contribution is -0.384. The average Bonchev–Trinajstić information content (AvgIpc) is 3.64. The van der Waals surface area contributed by atoms with Crippen LogP contribution in [0.4, 0.5) is 5.69 Å². The number of nitrogens with one attached hydrogen (secondary N) is 2. The monoisotopic (exact) mass is 545 g/mol. The number of aliphatic hydroxyl groups excluding tert-OH is 3. The number of aromatic amines is 2. The molecule has 0 bridgehead atoms. The molecule has 38 heavy (non-hydrogen) atoms. The van der Waals surface area contributed by atoms with Gasteiger partial charge < -0.3 is 30.0 Å². The predicted octanol–water partition coefficient (Wildman–Crippen LogP) is -0.208. The fourth-order valence-electron chi connectivity index (χ4n) is 3.40. The SMILES string of the molecule is O=[N+]([O-])c1ccccc1.O=c1[nH]cnc2c1ncn2[C@@H]1O[C@H](CO)[C@@H](O)[C@H]1O.S.c1ncc2[nH]cnc2n1. The summed E-state index contributed by atoms with van der Waals surface area (Å²) < 4.78 is 6.70. The number of non-ortho nitro benzene ring substituents is 1. The fourth-order valence-corrected chi connectivity index (χ4v) is 3.40. The Bertz CT molecular complexity index is 1500. The van der Waals surface area contributed by atoms with Crippen LogP contribution < -0.4 is 5.56 Å². The van der Waals surface area contributed by atoms with Gasteiger partial charge in [0.05, 0.1) is 36.7 Å². The zero-order valence-corrected chi connectivity index (χ0v) is 20.4. The number of aliphatic hydroxyl groups is 3. The van der Waals surface area contributed by atoms with Crippen molar-refractivity contribution in [3.63, 3.8) is 0 Å². The molecule has 0 aliphatic carbocycles. The van der Waals surface area contributed by atoms with E-state index >= 15 is 0 Å². The summed E-state index contributed by atoms with van der Waals surface area (Å²) in [7, 11) is 0. The van der Waals surface area contributed by atoms with E-state index in [9.17, 15) is 25.1 Å². The summed E-state index contributed by atoms with van der Waals surface area (Å²) in [6.45, 7) is -0.421. The molecule has 1 saturated heterocycles. The molecule has 6 rings (SSSR count). The van der Waals surface area contributed by atoms with E-state index in [1.807, 2.05) is 0 Å². The number of nitro benzene ring substituents is 1. The zero-order chi connectivity index (χ0) is 26.4. The molecule has 1 fully saturated rings. The van der Waals surface area contributed by atoms with E-state index in [1.54, 1.807) is 30.7 Å². The number of benzene rings is 1. The first-order valence-electron chi connectivity index (χ1n) is 10.7. The first-order chi connectivity index (χ1) is 17.9. The van der Waals surface area contributed by atoms with Gasteiger partial charge in [-0.2, -0.15) is 13.5 Å². The number of hydrogen-bond donors (Lipinski definition) is 5. The maximum Gasteiger partial charge on any atom is 0.278 e. The number of H-pyrrole nitrogens is 2. The van der Waals surface area contributed by atoms with Gasteiger partial charge in [0, 0.05) is 12.1 Å². The van der Waals surface area contributed by atoms with E-state index in [2.05, 4.69) is 34.9 Å². The second-order valence-electron chi connectivity index (χ2n) is 7.54. The number of aromatic nitrogens is 8. The second kappa shape index (κ2) is 12.8. The van der Waals surface area contributed by atoms with Crippen LogP contribution in [0.5, 0.6) is 0 Å². The molecule has 5 N–H and O–H groups in total. The van der Waals surface area contributed by atoms with Crippen molar-refractivity contribution in [2.75, 3.05) is 6.61 Å². The molecule has 0 spiro atoms. The van der Waals surface area contributed by atoms with Gasteiger partial charge in [-0.3, -0.25) is 19.5 Å². The number of hydrogen-bond acceptors (Lipinski definition) is 12. The Kier molecular flexibility index (Phi) is 9.52. The van der Waals surface area contributed by atoms with E-state index in [0.717, 1.165) is 5.52 Å². The zero-order valence-electron chi connectivity index (χ0n) is 19.4. The number of fused-ring (bicyclic) bond motifs is 2. The molecule has 0 unspecified atom stereocenters. The van der Waals surface area contributed by atoms with Gasteiger partial charge in [-0.15, -0.1) is 0 Å². The second-order valence-corrected chi connectivity index (χ2v) is 7.54. The number of nitro groups is 1. The van der Waals surface area contributed by atoms with Crippen LogP contribution in [0.15, 0.2) is 66.6 Å². The van der Waals surface area contributed by atoms with Crippen molar-refractivity contribution < 1.29 is 25.0 Å². The van der Waals surface area contributed by atoms with Crippen LogP contribution in [0.3, 0.4) is 0 Å². The summed E-state index contributed by atoms with van der Waals surface area (Å²) in [5.74, 6) is 0. The van der Waals surface area contributed by atoms with Crippen LogP contribution in [0, 0.1) is 10.1 Å². The van der Waals surface area contributed by atoms with Crippen molar-refractivity contribution >= 4 is 41.5 Å². The molecule has 0 saturated carbocycles. The third kappa shape index (κ3) is 6.15. The summed E-state index contributed by atoms with van der Waals surface area (Å²) in [4.78, 5) is 45.8. The minimum atomic E-state index is -1.24. The van der Waals surface area contributed by atoms with Crippen molar-refractivity contribution in [2.24, 2.45) is 0 Å². The highest BCUT2D eigenvalue weighted by molar-refractivity contribution is 7.59. The number of para-hydroxylation sites is 1. The maximum absolute atomic E-state index is 11.5. The molecule has 0 amide bonds. The summed E-state index contributed by atoms with van der Waals surface area (Å²) >= 11 is 0. The van der Waals surface area contributed by atoms with Gasteiger partial charge >= 0.3 is 0 Å². The Hall–Kier alpha value is -4.29. The van der Waals surface area contributed by atoms with Gasteiger partial charge in [-0.1, -0.05) is 18.2 Å². The highest BCUT2D eigenvalue weighted by Crippen LogP contribution is 2.30. The molecular formula is C21H23N9O7S. The van der Waals surface area contributed by atoms with Gasteiger partial charge in [0.25, 0.3) is 11.2 Å². The van der Waals surface area contributed by atoms with E-state index in [0.29, 0.717) is 5.65 Å². The molecule has 1 aromatic carbocycles. The minimum Gasteiger partial charge on any atom is -0.394 e. The average molecular weight is 546 g/mol. The van der Waals surface area contributed by atoms with E-state index in [4.69, 9.17) is 9.84 Å². The largest absolute Gasteiger partial charge is 0.394 e. The van der Waals surface area contributed by atoms with Crippen molar-refractivity contribution in [1.82, 2.24) is 39.5 Å². The number of rotatable bonds is 3. The highest BCUT2D eigenvalue weighted by atomic mass is 32.1. The van der Waals surface area contributed by atoms with E-state index in [1.165, 1.54) is 35.7 Å². The Balaban J connectivity index is 0.000000176. The Labute approximate surface area is 219 Å². The smallest absolute Gasteiger partial charge is 0.278 e. The predicted molar refractivity (Wildman–Crippen MR) is 136 cm³/mol. The molecule has 17 heteroatoms. The molecule has 16 nitrogen and oxygen atoms in total. The Morgan fingerprint density at radius 3 is 2.42 bits per heavy atom. The maximum atomic E-state index is 11.5. The van der Waals surface area contributed by atoms with Gasteiger partial charge in [-0.05, 0) is 0 Å². The van der Waals surface area contributed by atoms with Gasteiger partial charge in [0.1, 0.15) is 30.2 Å². The quantitative estimate of drug-likeness (QED) is 0.146. The van der Waals surface area contributed by atoms with Crippen molar-refractivity contribution in [2.45, 2.75) is 24.5 Å². The number of nitrogens with zero attached hydrogens (tertiary/aromatic N) is 7. The third-order valence-corrected chi connectivity index (χ3v) is 5.22. The Morgan fingerprint density at radius 1 is 1.05 bits per heavy atom. The summed E-state index contributed by atoms with van der Waals surface area (Å²) in [5.41, 5.74) is 1.66. The van der Waals surface area contributed by atoms with Crippen LogP contribution in [-0.2, 0) is 4.74 Å². The highest BCUT2D eigenvalue weighted by Gasteiger charge is 2.43. The molecule has 4 atom stereocenters. The lowest BCUT2D eigenvalue weighted by atomic mass is 10.1. The first kappa shape index (κ1) is 28.3. The lowest BCUT2D eigenvalue weighted by Gasteiger charge is -2.16. The molecule has 5 heterocycles. The first-order valence-corrected chi connectivity index (χ1v) is 10.7. The van der Waals surface area contributed by atoms with Gasteiger partial charge in [-0.25, -0.2) is 24.9 Å². The molecule has 0 radical (unpaired) electrons. The third-order valence-electron chi connectivity index (χ3n) is 5.22. The van der Waals surface area contributed by atoms with Crippen LogP contribution in [0.2, 0.25) is 0 Å². The van der Waals surface area contributed by atoms with E-state index < -0.39 is 41.6 Å². The normalized spacial score (nSPS) is 20.1. The topological polar surface area (TPSA) is 231 Å².